The summed E-state index contributed by atoms with van der Waals surface area (Å²) in [5.41, 5.74) is 1.55. The van der Waals surface area contributed by atoms with E-state index in [1.807, 2.05) is 0 Å². The van der Waals surface area contributed by atoms with E-state index in [0.717, 1.165) is 17.0 Å². The SMILES string of the molecule is O=C1c2ccccc2C(=O)N1c1ccccc1/C=C/c1ccc(C(F)(F)F)cc1. The molecule has 0 N–H and O–H groups in total. The number of imide groups is 1. The first kappa shape index (κ1) is 18.7. The average Bonchev–Trinajstić information content (AvgIpc) is 2.97. The standard InChI is InChI=1S/C23H14F3NO2/c24-23(25,26)17-13-10-15(11-14-17)9-12-16-5-1-4-8-20(16)27-21(28)18-6-2-3-7-19(18)22(27)29/h1-14H/b12-9+. The van der Waals surface area contributed by atoms with E-state index in [-0.39, 0.29) is 0 Å². The molecule has 0 bridgehead atoms. The first-order valence-corrected chi connectivity index (χ1v) is 8.78. The highest BCUT2D eigenvalue weighted by Crippen LogP contribution is 2.32. The van der Waals surface area contributed by atoms with Crippen LogP contribution in [-0.2, 0) is 6.18 Å². The Hall–Kier alpha value is -3.67. The van der Waals surface area contributed by atoms with Gasteiger partial charge in [-0.15, -0.1) is 0 Å². The summed E-state index contributed by atoms with van der Waals surface area (Å²) in [7, 11) is 0. The van der Waals surface area contributed by atoms with Crippen LogP contribution in [0.15, 0.2) is 72.8 Å². The van der Waals surface area contributed by atoms with Crippen molar-refractivity contribution in [2.75, 3.05) is 4.90 Å². The second-order valence-electron chi connectivity index (χ2n) is 6.50. The first-order chi connectivity index (χ1) is 13.9. The fourth-order valence-corrected chi connectivity index (χ4v) is 3.21. The molecule has 1 aliphatic rings. The summed E-state index contributed by atoms with van der Waals surface area (Å²) in [6.45, 7) is 0. The van der Waals surface area contributed by atoms with Crippen LogP contribution in [0.1, 0.15) is 37.4 Å². The number of anilines is 1. The van der Waals surface area contributed by atoms with E-state index in [1.165, 1.54) is 12.1 Å². The van der Waals surface area contributed by atoms with Gasteiger partial charge in [-0.3, -0.25) is 9.59 Å². The van der Waals surface area contributed by atoms with Crippen molar-refractivity contribution < 1.29 is 22.8 Å². The van der Waals surface area contributed by atoms with Crippen molar-refractivity contribution in [2.24, 2.45) is 0 Å². The van der Waals surface area contributed by atoms with Gasteiger partial charge in [0.2, 0.25) is 0 Å². The quantitative estimate of drug-likeness (QED) is 0.424. The number of hydrogen-bond donors (Lipinski definition) is 0. The summed E-state index contributed by atoms with van der Waals surface area (Å²) in [4.78, 5) is 26.6. The molecule has 29 heavy (non-hydrogen) atoms. The van der Waals surface area contributed by atoms with Crippen molar-refractivity contribution in [3.63, 3.8) is 0 Å². The molecule has 6 heteroatoms. The number of carbonyl (C=O) groups is 2. The lowest BCUT2D eigenvalue weighted by Gasteiger charge is -2.16. The van der Waals surface area contributed by atoms with E-state index in [1.54, 1.807) is 60.7 Å². The van der Waals surface area contributed by atoms with E-state index < -0.39 is 23.6 Å². The lowest BCUT2D eigenvalue weighted by molar-refractivity contribution is -0.137. The summed E-state index contributed by atoms with van der Waals surface area (Å²) in [5, 5.41) is 0. The van der Waals surface area contributed by atoms with Crippen molar-refractivity contribution in [3.8, 4) is 0 Å². The minimum absolute atomic E-state index is 0.346. The number of rotatable bonds is 3. The van der Waals surface area contributed by atoms with Crippen molar-refractivity contribution in [1.82, 2.24) is 0 Å². The molecule has 0 saturated carbocycles. The van der Waals surface area contributed by atoms with E-state index in [2.05, 4.69) is 0 Å². The molecular formula is C23H14F3NO2. The fraction of sp³-hybridized carbons (Fsp3) is 0.0435. The third kappa shape index (κ3) is 3.45. The zero-order valence-electron chi connectivity index (χ0n) is 15.0. The fourth-order valence-electron chi connectivity index (χ4n) is 3.21. The maximum Gasteiger partial charge on any atom is 0.416 e. The summed E-state index contributed by atoms with van der Waals surface area (Å²) in [6, 6.07) is 18.2. The summed E-state index contributed by atoms with van der Waals surface area (Å²) >= 11 is 0. The van der Waals surface area contributed by atoms with Crippen molar-refractivity contribution in [1.29, 1.82) is 0 Å². The monoisotopic (exact) mass is 393 g/mol. The number of benzene rings is 3. The third-order valence-corrected chi connectivity index (χ3v) is 4.67. The zero-order chi connectivity index (χ0) is 20.6. The first-order valence-electron chi connectivity index (χ1n) is 8.78. The predicted octanol–water partition coefficient (Wildman–Crippen LogP) is 5.68. The molecular weight excluding hydrogens is 379 g/mol. The summed E-state index contributed by atoms with van der Waals surface area (Å²) in [5.74, 6) is -0.804. The van der Waals surface area contributed by atoms with Crippen LogP contribution in [0, 0.1) is 0 Å². The molecule has 0 spiro atoms. The van der Waals surface area contributed by atoms with Crippen LogP contribution in [0.4, 0.5) is 18.9 Å². The minimum atomic E-state index is -4.39. The van der Waals surface area contributed by atoms with Gasteiger partial charge in [-0.1, -0.05) is 54.6 Å². The number of halogens is 3. The second kappa shape index (κ2) is 7.05. The highest BCUT2D eigenvalue weighted by molar-refractivity contribution is 6.34. The topological polar surface area (TPSA) is 37.4 Å². The van der Waals surface area contributed by atoms with Gasteiger partial charge in [-0.2, -0.15) is 13.2 Å². The van der Waals surface area contributed by atoms with E-state index in [0.29, 0.717) is 27.9 Å². The van der Waals surface area contributed by atoms with Gasteiger partial charge in [0.25, 0.3) is 11.8 Å². The molecule has 4 rings (SSSR count). The molecule has 0 aromatic heterocycles. The number of alkyl halides is 3. The number of hydrogen-bond acceptors (Lipinski definition) is 2. The van der Waals surface area contributed by atoms with E-state index >= 15 is 0 Å². The average molecular weight is 393 g/mol. The Morgan fingerprint density at radius 3 is 1.83 bits per heavy atom. The smallest absolute Gasteiger partial charge is 0.268 e. The summed E-state index contributed by atoms with van der Waals surface area (Å²) in [6.07, 6.45) is -1.08. The highest BCUT2D eigenvalue weighted by Gasteiger charge is 2.37. The third-order valence-electron chi connectivity index (χ3n) is 4.67. The van der Waals surface area contributed by atoms with Gasteiger partial charge in [-0.05, 0) is 41.5 Å². The molecule has 0 unspecified atom stereocenters. The molecule has 2 amide bonds. The van der Waals surface area contributed by atoms with E-state index in [4.69, 9.17) is 0 Å². The molecule has 1 aliphatic heterocycles. The molecule has 3 nitrogen and oxygen atoms in total. The number of amides is 2. The molecule has 3 aromatic rings. The van der Waals surface area contributed by atoms with Crippen LogP contribution in [0.5, 0.6) is 0 Å². The Kier molecular flexibility index (Phi) is 4.54. The van der Waals surface area contributed by atoms with Gasteiger partial charge in [0.1, 0.15) is 0 Å². The predicted molar refractivity (Wildman–Crippen MR) is 104 cm³/mol. The molecule has 1 heterocycles. The molecule has 0 saturated heterocycles. The molecule has 0 aliphatic carbocycles. The molecule has 0 fully saturated rings. The maximum absolute atomic E-state index is 12.7. The van der Waals surface area contributed by atoms with Gasteiger partial charge < -0.3 is 0 Å². The van der Waals surface area contributed by atoms with E-state index in [9.17, 15) is 22.8 Å². The van der Waals surface area contributed by atoms with Gasteiger partial charge in [-0.25, -0.2) is 4.90 Å². The Labute approximate surface area is 164 Å². The molecule has 144 valence electrons. The van der Waals surface area contributed by atoms with Crippen LogP contribution in [0.25, 0.3) is 12.2 Å². The second-order valence-corrected chi connectivity index (χ2v) is 6.50. The Morgan fingerprint density at radius 2 is 1.24 bits per heavy atom. The Morgan fingerprint density at radius 1 is 0.690 bits per heavy atom. The Bertz CT molecular complexity index is 1100. The maximum atomic E-state index is 12.7. The van der Waals surface area contributed by atoms with Gasteiger partial charge in [0.15, 0.2) is 0 Å². The van der Waals surface area contributed by atoms with Gasteiger partial charge in [0.05, 0.1) is 22.4 Å². The Balaban J connectivity index is 1.66. The van der Waals surface area contributed by atoms with Crippen molar-refractivity contribution in [3.05, 3.63) is 101 Å². The lowest BCUT2D eigenvalue weighted by Crippen LogP contribution is -2.29. The van der Waals surface area contributed by atoms with Gasteiger partial charge >= 0.3 is 6.18 Å². The number of fused-ring (bicyclic) bond motifs is 1. The highest BCUT2D eigenvalue weighted by atomic mass is 19.4. The summed E-state index contributed by atoms with van der Waals surface area (Å²) < 4.78 is 38.1. The lowest BCUT2D eigenvalue weighted by atomic mass is 10.1. The van der Waals surface area contributed by atoms with Crippen LogP contribution in [0.3, 0.4) is 0 Å². The molecule has 3 aromatic carbocycles. The van der Waals surface area contributed by atoms with Crippen molar-refractivity contribution in [2.45, 2.75) is 6.18 Å². The number of para-hydroxylation sites is 1. The minimum Gasteiger partial charge on any atom is -0.268 e. The number of carbonyl (C=O) groups excluding carboxylic acids is 2. The van der Waals surface area contributed by atoms with Crippen LogP contribution in [-0.4, -0.2) is 11.8 Å². The van der Waals surface area contributed by atoms with Crippen molar-refractivity contribution >= 4 is 29.7 Å². The molecule has 0 atom stereocenters. The van der Waals surface area contributed by atoms with Crippen LogP contribution >= 0.6 is 0 Å². The normalized spacial score (nSPS) is 14.0. The number of nitrogens with zero attached hydrogens (tertiary/aromatic N) is 1. The zero-order valence-corrected chi connectivity index (χ0v) is 15.0. The van der Waals surface area contributed by atoms with Gasteiger partial charge in [0, 0.05) is 0 Å². The largest absolute Gasteiger partial charge is 0.416 e. The van der Waals surface area contributed by atoms with Crippen LogP contribution < -0.4 is 4.90 Å². The molecule has 0 radical (unpaired) electrons. The van der Waals surface area contributed by atoms with Crippen LogP contribution in [0.2, 0.25) is 0 Å².